The molecule has 0 aliphatic rings. The SMILES string of the molecule is CCCC[C@H](N)c1nc(-c2ccc3ccccc3n2)no1. The summed E-state index contributed by atoms with van der Waals surface area (Å²) >= 11 is 0. The molecule has 0 unspecified atom stereocenters. The van der Waals surface area contributed by atoms with Gasteiger partial charge < -0.3 is 10.3 Å². The number of unbranched alkanes of at least 4 members (excludes halogenated alkanes) is 1. The lowest BCUT2D eigenvalue weighted by molar-refractivity contribution is 0.346. The maximum atomic E-state index is 6.05. The highest BCUT2D eigenvalue weighted by Gasteiger charge is 2.16. The van der Waals surface area contributed by atoms with Crippen molar-refractivity contribution in [1.82, 2.24) is 15.1 Å². The Hall–Kier alpha value is -2.27. The molecule has 0 saturated heterocycles. The molecule has 2 aromatic heterocycles. The van der Waals surface area contributed by atoms with Crippen LogP contribution in [0.3, 0.4) is 0 Å². The van der Waals surface area contributed by atoms with Crippen molar-refractivity contribution in [1.29, 1.82) is 0 Å². The minimum atomic E-state index is -0.202. The molecule has 0 fully saturated rings. The Labute approximate surface area is 123 Å². The van der Waals surface area contributed by atoms with Gasteiger partial charge in [-0.05, 0) is 18.6 Å². The molecule has 1 atom stereocenters. The summed E-state index contributed by atoms with van der Waals surface area (Å²) in [6.07, 6.45) is 3.00. The maximum Gasteiger partial charge on any atom is 0.243 e. The van der Waals surface area contributed by atoms with E-state index in [0.29, 0.717) is 17.4 Å². The van der Waals surface area contributed by atoms with Gasteiger partial charge in [-0.25, -0.2) is 4.98 Å². The molecule has 1 aromatic carbocycles. The van der Waals surface area contributed by atoms with Gasteiger partial charge in [0, 0.05) is 5.39 Å². The smallest absolute Gasteiger partial charge is 0.243 e. The van der Waals surface area contributed by atoms with Gasteiger partial charge in [-0.1, -0.05) is 49.2 Å². The Morgan fingerprint density at radius 3 is 2.86 bits per heavy atom. The highest BCUT2D eigenvalue weighted by atomic mass is 16.5. The molecule has 0 aliphatic carbocycles. The molecule has 0 aliphatic heterocycles. The number of rotatable bonds is 5. The second-order valence-corrected chi connectivity index (χ2v) is 5.09. The fourth-order valence-electron chi connectivity index (χ4n) is 2.23. The normalized spacial score (nSPS) is 12.7. The van der Waals surface area contributed by atoms with Crippen molar-refractivity contribution in [2.45, 2.75) is 32.2 Å². The molecule has 5 heteroatoms. The molecule has 0 radical (unpaired) electrons. The number of benzene rings is 1. The van der Waals surface area contributed by atoms with Crippen molar-refractivity contribution < 1.29 is 4.52 Å². The van der Waals surface area contributed by atoms with Gasteiger partial charge in [0.25, 0.3) is 0 Å². The zero-order valence-electron chi connectivity index (χ0n) is 12.0. The highest BCUT2D eigenvalue weighted by Crippen LogP contribution is 2.21. The van der Waals surface area contributed by atoms with Crippen LogP contribution in [0.25, 0.3) is 22.4 Å². The van der Waals surface area contributed by atoms with Crippen LogP contribution in [-0.2, 0) is 0 Å². The molecule has 0 saturated carbocycles. The van der Waals surface area contributed by atoms with Gasteiger partial charge in [0.15, 0.2) is 0 Å². The van der Waals surface area contributed by atoms with Crippen LogP contribution in [-0.4, -0.2) is 15.1 Å². The topological polar surface area (TPSA) is 77.8 Å². The van der Waals surface area contributed by atoms with E-state index in [1.54, 1.807) is 0 Å². The molecule has 5 nitrogen and oxygen atoms in total. The predicted octanol–water partition coefficient (Wildman–Crippen LogP) is 3.47. The van der Waals surface area contributed by atoms with E-state index in [2.05, 4.69) is 22.0 Å². The lowest BCUT2D eigenvalue weighted by Gasteiger charge is -2.03. The lowest BCUT2D eigenvalue weighted by atomic mass is 10.1. The molecular weight excluding hydrogens is 264 g/mol. The molecule has 2 N–H and O–H groups in total. The second kappa shape index (κ2) is 6.01. The van der Waals surface area contributed by atoms with Crippen LogP contribution in [0.1, 0.15) is 38.1 Å². The van der Waals surface area contributed by atoms with Crippen LogP contribution in [0.2, 0.25) is 0 Å². The first-order valence-corrected chi connectivity index (χ1v) is 7.23. The Morgan fingerprint density at radius 2 is 2.00 bits per heavy atom. The molecule has 108 valence electrons. The summed E-state index contributed by atoms with van der Waals surface area (Å²) in [5.41, 5.74) is 7.66. The summed E-state index contributed by atoms with van der Waals surface area (Å²) in [4.78, 5) is 8.93. The van der Waals surface area contributed by atoms with E-state index < -0.39 is 0 Å². The number of hydrogen-bond donors (Lipinski definition) is 1. The molecule has 0 bridgehead atoms. The van der Waals surface area contributed by atoms with Gasteiger partial charge >= 0.3 is 0 Å². The summed E-state index contributed by atoms with van der Waals surface area (Å²) in [6.45, 7) is 2.13. The maximum absolute atomic E-state index is 6.05. The van der Waals surface area contributed by atoms with E-state index in [0.717, 1.165) is 30.2 Å². The molecule has 3 aromatic rings. The third-order valence-corrected chi connectivity index (χ3v) is 3.46. The number of pyridine rings is 1. The van der Waals surface area contributed by atoms with Gasteiger partial charge in [-0.2, -0.15) is 4.98 Å². The largest absolute Gasteiger partial charge is 0.337 e. The third-order valence-electron chi connectivity index (χ3n) is 3.46. The van der Waals surface area contributed by atoms with Gasteiger partial charge in [0.1, 0.15) is 5.69 Å². The van der Waals surface area contributed by atoms with E-state index in [1.165, 1.54) is 0 Å². The zero-order valence-corrected chi connectivity index (χ0v) is 12.0. The Kier molecular flexibility index (Phi) is 3.92. The van der Waals surface area contributed by atoms with E-state index in [-0.39, 0.29) is 6.04 Å². The van der Waals surface area contributed by atoms with Crippen molar-refractivity contribution in [2.24, 2.45) is 5.73 Å². The minimum Gasteiger partial charge on any atom is -0.337 e. The molecule has 2 heterocycles. The lowest BCUT2D eigenvalue weighted by Crippen LogP contribution is -2.10. The van der Waals surface area contributed by atoms with Crippen LogP contribution in [0.4, 0.5) is 0 Å². The summed E-state index contributed by atoms with van der Waals surface area (Å²) < 4.78 is 5.26. The first kappa shape index (κ1) is 13.7. The summed E-state index contributed by atoms with van der Waals surface area (Å²) in [5.74, 6) is 0.969. The molecule has 21 heavy (non-hydrogen) atoms. The van der Waals surface area contributed by atoms with E-state index in [4.69, 9.17) is 10.3 Å². The molecule has 0 amide bonds. The van der Waals surface area contributed by atoms with Gasteiger partial charge in [-0.3, -0.25) is 0 Å². The third kappa shape index (κ3) is 2.92. The first-order chi connectivity index (χ1) is 10.3. The number of nitrogens with zero attached hydrogens (tertiary/aromatic N) is 3. The van der Waals surface area contributed by atoms with Gasteiger partial charge in [-0.15, -0.1) is 0 Å². The van der Waals surface area contributed by atoms with Crippen molar-refractivity contribution in [3.05, 3.63) is 42.3 Å². The number of nitrogens with two attached hydrogens (primary N) is 1. The van der Waals surface area contributed by atoms with Crippen LogP contribution in [0, 0.1) is 0 Å². The van der Waals surface area contributed by atoms with Crippen LogP contribution in [0.15, 0.2) is 40.9 Å². The quantitative estimate of drug-likeness (QED) is 0.775. The molecule has 3 rings (SSSR count). The Morgan fingerprint density at radius 1 is 1.14 bits per heavy atom. The van der Waals surface area contributed by atoms with E-state index in [9.17, 15) is 0 Å². The van der Waals surface area contributed by atoms with Crippen molar-refractivity contribution in [3.63, 3.8) is 0 Å². The van der Waals surface area contributed by atoms with Crippen molar-refractivity contribution in [3.8, 4) is 11.5 Å². The molecule has 0 spiro atoms. The first-order valence-electron chi connectivity index (χ1n) is 7.23. The van der Waals surface area contributed by atoms with Gasteiger partial charge in [0.2, 0.25) is 11.7 Å². The van der Waals surface area contributed by atoms with Gasteiger partial charge in [0.05, 0.1) is 11.6 Å². The monoisotopic (exact) mass is 282 g/mol. The van der Waals surface area contributed by atoms with E-state index >= 15 is 0 Å². The molecular formula is C16H18N4O. The average Bonchev–Trinajstić information content (AvgIpc) is 3.02. The number of aromatic nitrogens is 3. The Balaban J connectivity index is 1.87. The van der Waals surface area contributed by atoms with Crippen LogP contribution in [0.5, 0.6) is 0 Å². The van der Waals surface area contributed by atoms with E-state index in [1.807, 2.05) is 36.4 Å². The summed E-state index contributed by atoms with van der Waals surface area (Å²) in [5, 5.41) is 5.08. The average molecular weight is 282 g/mol. The van der Waals surface area contributed by atoms with Crippen molar-refractivity contribution in [2.75, 3.05) is 0 Å². The van der Waals surface area contributed by atoms with Crippen molar-refractivity contribution >= 4 is 10.9 Å². The highest BCUT2D eigenvalue weighted by molar-refractivity contribution is 5.80. The fraction of sp³-hybridized carbons (Fsp3) is 0.312. The number of para-hydroxylation sites is 1. The fourth-order valence-corrected chi connectivity index (χ4v) is 2.23. The van der Waals surface area contributed by atoms with Crippen LogP contribution < -0.4 is 5.73 Å². The van der Waals surface area contributed by atoms with Crippen LogP contribution >= 0.6 is 0 Å². The zero-order chi connectivity index (χ0) is 14.7. The predicted molar refractivity (Wildman–Crippen MR) is 81.5 cm³/mol. The summed E-state index contributed by atoms with van der Waals surface area (Å²) in [6, 6.07) is 11.6. The standard InChI is InChI=1S/C16H18N4O/c1-2-3-7-12(17)16-19-15(20-21-16)14-10-9-11-6-4-5-8-13(11)18-14/h4-6,8-10,12H,2-3,7,17H2,1H3/t12-/m0/s1. The number of hydrogen-bond acceptors (Lipinski definition) is 5. The summed E-state index contributed by atoms with van der Waals surface area (Å²) in [7, 11) is 0. The Bertz CT molecular complexity index is 738. The second-order valence-electron chi connectivity index (χ2n) is 5.09. The number of fused-ring (bicyclic) bond motifs is 1. The minimum absolute atomic E-state index is 0.202.